The Hall–Kier alpha value is -2.08. The van der Waals surface area contributed by atoms with Crippen molar-refractivity contribution in [2.45, 2.75) is 19.4 Å². The van der Waals surface area contributed by atoms with Crippen LogP contribution in [0, 0.1) is 0 Å². The molecule has 0 radical (unpaired) electrons. The molecular weight excluding hydrogens is 306 g/mol. The van der Waals surface area contributed by atoms with Gasteiger partial charge in [-0.25, -0.2) is 4.98 Å². The van der Waals surface area contributed by atoms with Crippen LogP contribution in [0.5, 0.6) is 0 Å². The Kier molecular flexibility index (Phi) is 6.40. The molecule has 23 heavy (non-hydrogen) atoms. The van der Waals surface area contributed by atoms with Gasteiger partial charge >= 0.3 is 0 Å². The van der Waals surface area contributed by atoms with Crippen LogP contribution >= 0.6 is 11.3 Å². The Labute approximate surface area is 142 Å². The van der Waals surface area contributed by atoms with E-state index in [2.05, 4.69) is 45.0 Å². The molecule has 0 saturated carbocycles. The number of rotatable bonds is 6. The third kappa shape index (κ3) is 5.25. The first-order valence-electron chi connectivity index (χ1n) is 7.71. The zero-order chi connectivity index (χ0) is 16.7. The van der Waals surface area contributed by atoms with Gasteiger partial charge in [0.15, 0.2) is 5.96 Å². The third-order valence-corrected chi connectivity index (χ3v) is 4.62. The van der Waals surface area contributed by atoms with Gasteiger partial charge in [-0.3, -0.25) is 4.99 Å². The summed E-state index contributed by atoms with van der Waals surface area (Å²) in [6.07, 6.45) is 0. The molecule has 0 aliphatic heterocycles. The van der Waals surface area contributed by atoms with Crippen LogP contribution in [0.2, 0.25) is 0 Å². The van der Waals surface area contributed by atoms with Gasteiger partial charge in [-0.05, 0) is 23.6 Å². The molecule has 124 valence electrons. The van der Waals surface area contributed by atoms with Gasteiger partial charge in [0, 0.05) is 38.5 Å². The van der Waals surface area contributed by atoms with Crippen molar-refractivity contribution in [1.82, 2.24) is 15.6 Å². The van der Waals surface area contributed by atoms with E-state index in [-0.39, 0.29) is 0 Å². The summed E-state index contributed by atoms with van der Waals surface area (Å²) in [5.74, 6) is 2.22. The second-order valence-corrected chi connectivity index (χ2v) is 6.58. The Morgan fingerprint density at radius 3 is 2.74 bits per heavy atom. The van der Waals surface area contributed by atoms with E-state index in [1.54, 1.807) is 18.4 Å². The van der Waals surface area contributed by atoms with Crippen LogP contribution in [0.15, 0.2) is 40.7 Å². The number of nitrogens with zero attached hydrogens (tertiary/aromatic N) is 3. The summed E-state index contributed by atoms with van der Waals surface area (Å²) in [4.78, 5) is 12.3. The third-order valence-electron chi connectivity index (χ3n) is 3.52. The number of hydrogen-bond acceptors (Lipinski definition) is 4. The first kappa shape index (κ1) is 17.3. The van der Waals surface area contributed by atoms with E-state index in [0.29, 0.717) is 12.5 Å². The Balaban J connectivity index is 1.84. The summed E-state index contributed by atoms with van der Waals surface area (Å²) in [7, 11) is 5.77. The van der Waals surface area contributed by atoms with Gasteiger partial charge in [0.25, 0.3) is 0 Å². The van der Waals surface area contributed by atoms with Gasteiger partial charge in [0.05, 0.1) is 12.2 Å². The molecule has 2 aromatic rings. The highest BCUT2D eigenvalue weighted by molar-refractivity contribution is 7.10. The quantitative estimate of drug-likeness (QED) is 0.631. The maximum absolute atomic E-state index is 4.60. The number of pyridine rings is 1. The van der Waals surface area contributed by atoms with E-state index in [4.69, 9.17) is 0 Å². The lowest BCUT2D eigenvalue weighted by atomic mass is 10.1. The van der Waals surface area contributed by atoms with Crippen molar-refractivity contribution in [3.05, 3.63) is 46.3 Å². The predicted molar refractivity (Wildman–Crippen MR) is 99.5 cm³/mol. The molecule has 2 aromatic heterocycles. The number of hydrogen-bond donors (Lipinski definition) is 2. The van der Waals surface area contributed by atoms with Crippen molar-refractivity contribution < 1.29 is 0 Å². The molecule has 0 aliphatic rings. The zero-order valence-corrected chi connectivity index (χ0v) is 15.0. The van der Waals surface area contributed by atoms with Crippen LogP contribution in [0.3, 0.4) is 0 Å². The summed E-state index contributed by atoms with van der Waals surface area (Å²) >= 11 is 1.79. The average molecular weight is 331 g/mol. The fraction of sp³-hybridized carbons (Fsp3) is 0.412. The van der Waals surface area contributed by atoms with Crippen LogP contribution in [0.4, 0.5) is 5.82 Å². The fourth-order valence-electron chi connectivity index (χ4n) is 2.13. The molecule has 0 spiro atoms. The first-order valence-corrected chi connectivity index (χ1v) is 8.59. The van der Waals surface area contributed by atoms with E-state index in [1.807, 2.05) is 37.2 Å². The zero-order valence-electron chi connectivity index (χ0n) is 14.2. The molecule has 0 bridgehead atoms. The average Bonchev–Trinajstić information content (AvgIpc) is 3.09. The number of aromatic nitrogens is 1. The maximum atomic E-state index is 4.60. The fourth-order valence-corrected chi connectivity index (χ4v) is 2.92. The number of nitrogens with one attached hydrogen (secondary N) is 2. The second-order valence-electron chi connectivity index (χ2n) is 5.60. The molecule has 2 heterocycles. The molecule has 0 aromatic carbocycles. The standard InChI is InChI=1S/C17H25N5S/c1-13(15-8-6-10-23-15)11-19-17(18-2)20-12-14-7-5-9-16(21-14)22(3)4/h5-10,13H,11-12H2,1-4H3,(H2,18,19,20). The number of anilines is 1. The first-order chi connectivity index (χ1) is 11.1. The molecule has 2 rings (SSSR count). The normalized spacial score (nSPS) is 12.8. The van der Waals surface area contributed by atoms with Gasteiger partial charge in [-0.1, -0.05) is 19.1 Å². The van der Waals surface area contributed by atoms with Crippen LogP contribution in [-0.4, -0.2) is 38.6 Å². The minimum atomic E-state index is 0.462. The molecule has 0 aliphatic carbocycles. The minimum absolute atomic E-state index is 0.462. The van der Waals surface area contributed by atoms with Gasteiger partial charge in [-0.15, -0.1) is 11.3 Å². The summed E-state index contributed by atoms with van der Waals surface area (Å²) in [6, 6.07) is 10.3. The predicted octanol–water partition coefficient (Wildman–Crippen LogP) is 2.68. The van der Waals surface area contributed by atoms with Crippen molar-refractivity contribution in [1.29, 1.82) is 0 Å². The largest absolute Gasteiger partial charge is 0.363 e. The molecule has 5 nitrogen and oxygen atoms in total. The van der Waals surface area contributed by atoms with Gasteiger partial charge in [0.2, 0.25) is 0 Å². The Bertz CT molecular complexity index is 622. The van der Waals surface area contributed by atoms with E-state index in [1.165, 1.54) is 4.88 Å². The maximum Gasteiger partial charge on any atom is 0.191 e. The topological polar surface area (TPSA) is 52.6 Å². The van der Waals surface area contributed by atoms with Crippen LogP contribution in [-0.2, 0) is 6.54 Å². The molecule has 0 saturated heterocycles. The van der Waals surface area contributed by atoms with Crippen LogP contribution in [0.25, 0.3) is 0 Å². The molecule has 1 unspecified atom stereocenters. The number of aliphatic imine (C=N–C) groups is 1. The number of guanidine groups is 1. The second kappa shape index (κ2) is 8.53. The Morgan fingerprint density at radius 2 is 2.09 bits per heavy atom. The van der Waals surface area contributed by atoms with Crippen LogP contribution in [0.1, 0.15) is 23.4 Å². The SMILES string of the molecule is CN=C(NCc1cccc(N(C)C)n1)NCC(C)c1cccs1. The molecule has 0 amide bonds. The summed E-state index contributed by atoms with van der Waals surface area (Å²) in [6.45, 7) is 3.72. The van der Waals surface area contributed by atoms with E-state index in [9.17, 15) is 0 Å². The number of thiophene rings is 1. The smallest absolute Gasteiger partial charge is 0.191 e. The highest BCUT2D eigenvalue weighted by Gasteiger charge is 2.08. The van der Waals surface area contributed by atoms with Crippen LogP contribution < -0.4 is 15.5 Å². The molecule has 1 atom stereocenters. The van der Waals surface area contributed by atoms with Crippen molar-refractivity contribution in [2.75, 3.05) is 32.6 Å². The minimum Gasteiger partial charge on any atom is -0.363 e. The van der Waals surface area contributed by atoms with E-state index in [0.717, 1.165) is 24.0 Å². The highest BCUT2D eigenvalue weighted by atomic mass is 32.1. The summed E-state index contributed by atoms with van der Waals surface area (Å²) in [5, 5.41) is 8.80. The molecule has 0 fully saturated rings. The summed E-state index contributed by atoms with van der Waals surface area (Å²) in [5.41, 5.74) is 0.991. The molecule has 2 N–H and O–H groups in total. The molecular formula is C17H25N5S. The lowest BCUT2D eigenvalue weighted by Crippen LogP contribution is -2.38. The highest BCUT2D eigenvalue weighted by Crippen LogP contribution is 2.19. The lowest BCUT2D eigenvalue weighted by molar-refractivity contribution is 0.706. The van der Waals surface area contributed by atoms with Crippen molar-refractivity contribution in [2.24, 2.45) is 4.99 Å². The van der Waals surface area contributed by atoms with Gasteiger partial charge in [-0.2, -0.15) is 0 Å². The monoisotopic (exact) mass is 331 g/mol. The van der Waals surface area contributed by atoms with Crippen molar-refractivity contribution in [3.8, 4) is 0 Å². The molecule has 6 heteroatoms. The lowest BCUT2D eigenvalue weighted by Gasteiger charge is -2.16. The van der Waals surface area contributed by atoms with Gasteiger partial charge < -0.3 is 15.5 Å². The van der Waals surface area contributed by atoms with E-state index < -0.39 is 0 Å². The Morgan fingerprint density at radius 1 is 1.26 bits per heavy atom. The van der Waals surface area contributed by atoms with E-state index >= 15 is 0 Å². The van der Waals surface area contributed by atoms with Crippen molar-refractivity contribution in [3.63, 3.8) is 0 Å². The summed E-state index contributed by atoms with van der Waals surface area (Å²) < 4.78 is 0. The van der Waals surface area contributed by atoms with Crippen molar-refractivity contribution >= 4 is 23.1 Å². The van der Waals surface area contributed by atoms with Gasteiger partial charge in [0.1, 0.15) is 5.82 Å².